The Bertz CT molecular complexity index is 1250. The smallest absolute Gasteiger partial charge is 0.475 e. The summed E-state index contributed by atoms with van der Waals surface area (Å²) in [6.07, 6.45) is -2.74. The molecule has 1 saturated heterocycles. The lowest BCUT2D eigenvalue weighted by atomic mass is 9.89. The molecular formula is C23H21F3N6O4. The number of likely N-dealkylation sites (tertiary alicyclic amines) is 1. The summed E-state index contributed by atoms with van der Waals surface area (Å²) in [5.41, 5.74) is 1.19. The minimum absolute atomic E-state index is 0.0437. The van der Waals surface area contributed by atoms with E-state index in [2.05, 4.69) is 20.5 Å². The molecule has 13 heteroatoms. The second kappa shape index (κ2) is 10.1. The number of aromatic nitrogens is 4. The van der Waals surface area contributed by atoms with Gasteiger partial charge in [-0.1, -0.05) is 24.3 Å². The van der Waals surface area contributed by atoms with Crippen LogP contribution in [-0.4, -0.2) is 66.8 Å². The highest BCUT2D eigenvalue weighted by atomic mass is 19.4. The second-order valence-corrected chi connectivity index (χ2v) is 8.32. The number of anilines is 1. The van der Waals surface area contributed by atoms with Crippen LogP contribution in [0.15, 0.2) is 54.7 Å². The Morgan fingerprint density at radius 2 is 1.61 bits per heavy atom. The third-order valence-corrected chi connectivity index (χ3v) is 5.91. The number of hydrogen-bond acceptors (Lipinski definition) is 6. The Hall–Kier alpha value is -4.29. The summed E-state index contributed by atoms with van der Waals surface area (Å²) < 4.78 is 33.6. The van der Waals surface area contributed by atoms with Crippen molar-refractivity contribution in [2.45, 2.75) is 19.1 Å². The Morgan fingerprint density at radius 3 is 2.25 bits per heavy atom. The zero-order valence-corrected chi connectivity index (χ0v) is 18.7. The first-order valence-electron chi connectivity index (χ1n) is 10.9. The molecule has 36 heavy (non-hydrogen) atoms. The van der Waals surface area contributed by atoms with E-state index in [0.717, 1.165) is 11.5 Å². The standard InChI is InChI=1S/C21H20N6O2.C2HF3O2/c28-20(23-16-6-2-1-3-7-16)19-25-24-18-10-14-11-26(12-15(14)13-27(18)19)21(29)17-8-4-5-9-22-17;3-2(4,5)1(6)7/h1-9,14-15H,10-13H2,(H,23,28);(H,6,7). The summed E-state index contributed by atoms with van der Waals surface area (Å²) >= 11 is 0. The van der Waals surface area contributed by atoms with Gasteiger partial charge in [0.1, 0.15) is 11.5 Å². The van der Waals surface area contributed by atoms with Crippen LogP contribution in [0.3, 0.4) is 0 Å². The number of carboxylic acid groups (broad SMARTS) is 1. The van der Waals surface area contributed by atoms with Gasteiger partial charge in [-0.05, 0) is 36.1 Å². The largest absolute Gasteiger partial charge is 0.490 e. The number of halogens is 3. The number of hydrogen-bond donors (Lipinski definition) is 2. The lowest BCUT2D eigenvalue weighted by Gasteiger charge is -2.25. The van der Waals surface area contributed by atoms with Crippen molar-refractivity contribution in [3.63, 3.8) is 0 Å². The second-order valence-electron chi connectivity index (χ2n) is 8.32. The molecular weight excluding hydrogens is 481 g/mol. The third-order valence-electron chi connectivity index (χ3n) is 5.91. The van der Waals surface area contributed by atoms with E-state index in [1.54, 1.807) is 18.3 Å². The molecule has 2 aliphatic rings. The van der Waals surface area contributed by atoms with Crippen LogP contribution in [0.25, 0.3) is 0 Å². The molecule has 188 valence electrons. The van der Waals surface area contributed by atoms with Crippen molar-refractivity contribution in [3.8, 4) is 0 Å². The summed E-state index contributed by atoms with van der Waals surface area (Å²) in [4.78, 5) is 40.4. The van der Waals surface area contributed by atoms with Crippen LogP contribution in [0.1, 0.15) is 26.9 Å². The normalized spacial score (nSPS) is 18.4. The van der Waals surface area contributed by atoms with E-state index in [1.165, 1.54) is 0 Å². The number of alkyl halides is 3. The third kappa shape index (κ3) is 5.50. The number of carbonyl (C=O) groups is 3. The van der Waals surface area contributed by atoms with Crippen molar-refractivity contribution >= 4 is 23.5 Å². The van der Waals surface area contributed by atoms with E-state index in [-0.39, 0.29) is 17.7 Å². The fourth-order valence-electron chi connectivity index (χ4n) is 4.22. The molecule has 2 unspecified atom stereocenters. The number of para-hydroxylation sites is 1. The molecule has 0 aliphatic carbocycles. The van der Waals surface area contributed by atoms with Gasteiger partial charge in [-0.2, -0.15) is 13.2 Å². The zero-order chi connectivity index (χ0) is 25.9. The summed E-state index contributed by atoms with van der Waals surface area (Å²) in [5, 5.41) is 18.4. The van der Waals surface area contributed by atoms with Crippen LogP contribution < -0.4 is 5.32 Å². The molecule has 3 aromatic rings. The van der Waals surface area contributed by atoms with Gasteiger partial charge >= 0.3 is 12.1 Å². The van der Waals surface area contributed by atoms with Crippen LogP contribution in [-0.2, 0) is 17.8 Å². The highest BCUT2D eigenvalue weighted by Gasteiger charge is 2.41. The number of rotatable bonds is 3. The van der Waals surface area contributed by atoms with Crippen LogP contribution in [0.5, 0.6) is 0 Å². The number of benzene rings is 1. The molecule has 0 spiro atoms. The summed E-state index contributed by atoms with van der Waals surface area (Å²) in [7, 11) is 0. The van der Waals surface area contributed by atoms with Crippen molar-refractivity contribution in [1.29, 1.82) is 0 Å². The highest BCUT2D eigenvalue weighted by Crippen LogP contribution is 2.33. The lowest BCUT2D eigenvalue weighted by Crippen LogP contribution is -2.31. The van der Waals surface area contributed by atoms with E-state index in [4.69, 9.17) is 9.90 Å². The monoisotopic (exact) mass is 502 g/mol. The summed E-state index contributed by atoms with van der Waals surface area (Å²) in [6, 6.07) is 14.7. The first-order valence-corrected chi connectivity index (χ1v) is 10.9. The predicted octanol–water partition coefficient (Wildman–Crippen LogP) is 2.50. The number of nitrogens with one attached hydrogen (secondary N) is 1. The van der Waals surface area contributed by atoms with Gasteiger partial charge in [0.2, 0.25) is 5.82 Å². The fourth-order valence-corrected chi connectivity index (χ4v) is 4.22. The molecule has 2 amide bonds. The Morgan fingerprint density at radius 1 is 0.944 bits per heavy atom. The molecule has 1 aromatic carbocycles. The molecule has 0 saturated carbocycles. The van der Waals surface area contributed by atoms with E-state index in [1.807, 2.05) is 45.9 Å². The molecule has 1 fully saturated rings. The number of amides is 2. The van der Waals surface area contributed by atoms with Gasteiger partial charge in [0.25, 0.3) is 11.8 Å². The highest BCUT2D eigenvalue weighted by molar-refractivity contribution is 6.01. The molecule has 5 rings (SSSR count). The Labute approximate surface area is 202 Å². The van der Waals surface area contributed by atoms with E-state index in [0.29, 0.717) is 43.5 Å². The molecule has 2 aliphatic heterocycles. The first-order chi connectivity index (χ1) is 17.1. The zero-order valence-electron chi connectivity index (χ0n) is 18.7. The molecule has 0 bridgehead atoms. The quantitative estimate of drug-likeness (QED) is 0.563. The van der Waals surface area contributed by atoms with Gasteiger partial charge in [-0.3, -0.25) is 14.6 Å². The van der Waals surface area contributed by atoms with Crippen LogP contribution in [0, 0.1) is 11.8 Å². The van der Waals surface area contributed by atoms with Crippen LogP contribution in [0.4, 0.5) is 18.9 Å². The maximum atomic E-state index is 12.7. The lowest BCUT2D eigenvalue weighted by molar-refractivity contribution is -0.192. The van der Waals surface area contributed by atoms with E-state index in [9.17, 15) is 22.8 Å². The van der Waals surface area contributed by atoms with E-state index >= 15 is 0 Å². The molecule has 4 heterocycles. The number of aliphatic carboxylic acids is 1. The Balaban J connectivity index is 0.000000384. The minimum atomic E-state index is -5.08. The Kier molecular flexibility index (Phi) is 6.99. The molecule has 0 radical (unpaired) electrons. The van der Waals surface area contributed by atoms with Crippen molar-refractivity contribution in [1.82, 2.24) is 24.6 Å². The van der Waals surface area contributed by atoms with Crippen molar-refractivity contribution in [2.24, 2.45) is 11.8 Å². The average molecular weight is 502 g/mol. The van der Waals surface area contributed by atoms with Gasteiger partial charge in [0.05, 0.1) is 0 Å². The number of carbonyl (C=O) groups excluding carboxylic acids is 2. The SMILES string of the molecule is O=C(Nc1ccccc1)c1nnc2n1CC1CN(C(=O)c3ccccn3)CC1C2.O=C(O)C(F)(F)F. The number of carboxylic acids is 1. The number of nitrogens with zero attached hydrogens (tertiary/aromatic N) is 5. The summed E-state index contributed by atoms with van der Waals surface area (Å²) in [6.45, 7) is 1.96. The molecule has 2 atom stereocenters. The van der Waals surface area contributed by atoms with Gasteiger partial charge in [0.15, 0.2) is 0 Å². The molecule has 2 aromatic heterocycles. The minimum Gasteiger partial charge on any atom is -0.475 e. The van der Waals surface area contributed by atoms with Gasteiger partial charge in [-0.15, -0.1) is 10.2 Å². The van der Waals surface area contributed by atoms with Crippen LogP contribution in [0.2, 0.25) is 0 Å². The van der Waals surface area contributed by atoms with Gasteiger partial charge < -0.3 is 19.9 Å². The maximum absolute atomic E-state index is 12.7. The van der Waals surface area contributed by atoms with Crippen molar-refractivity contribution in [3.05, 3.63) is 72.1 Å². The van der Waals surface area contributed by atoms with Crippen molar-refractivity contribution in [2.75, 3.05) is 18.4 Å². The van der Waals surface area contributed by atoms with Crippen LogP contribution >= 0.6 is 0 Å². The van der Waals surface area contributed by atoms with Gasteiger partial charge in [0, 0.05) is 37.9 Å². The average Bonchev–Trinajstić information content (AvgIpc) is 3.46. The number of pyridine rings is 1. The molecule has 2 N–H and O–H groups in total. The first kappa shape index (κ1) is 24.8. The topological polar surface area (TPSA) is 130 Å². The van der Waals surface area contributed by atoms with Crippen molar-refractivity contribution < 1.29 is 32.7 Å². The fraction of sp³-hybridized carbons (Fsp3) is 0.304. The predicted molar refractivity (Wildman–Crippen MR) is 119 cm³/mol. The van der Waals surface area contributed by atoms with E-state index < -0.39 is 12.1 Å². The van der Waals surface area contributed by atoms with Gasteiger partial charge in [-0.25, -0.2) is 4.79 Å². The number of fused-ring (bicyclic) bond motifs is 2. The molecule has 10 nitrogen and oxygen atoms in total. The maximum Gasteiger partial charge on any atom is 0.490 e. The summed E-state index contributed by atoms with van der Waals surface area (Å²) in [5.74, 6) is -1.36.